The lowest BCUT2D eigenvalue weighted by Crippen LogP contribution is -2.46. The van der Waals surface area contributed by atoms with Gasteiger partial charge in [0.25, 0.3) is 0 Å². The summed E-state index contributed by atoms with van der Waals surface area (Å²) in [5, 5.41) is 8.97. The number of pyridine rings is 1. The molecule has 0 aliphatic carbocycles. The first kappa shape index (κ1) is 17.4. The fourth-order valence-corrected chi connectivity index (χ4v) is 3.08. The highest BCUT2D eigenvalue weighted by molar-refractivity contribution is 5.87. The van der Waals surface area contributed by atoms with Crippen LogP contribution in [-0.4, -0.2) is 47.1 Å². The van der Waals surface area contributed by atoms with Crippen LogP contribution in [0, 0.1) is 0 Å². The van der Waals surface area contributed by atoms with Gasteiger partial charge in [0.2, 0.25) is 0 Å². The average Bonchev–Trinajstić information content (AvgIpc) is 2.63. The molecule has 1 fully saturated rings. The summed E-state index contributed by atoms with van der Waals surface area (Å²) in [5.74, 6) is 0.628. The molecule has 0 saturated carbocycles. The Morgan fingerprint density at radius 1 is 1.08 bits per heavy atom. The van der Waals surface area contributed by atoms with E-state index in [1.54, 1.807) is 12.1 Å². The molecule has 3 rings (SSSR count). The molecule has 5 nitrogen and oxygen atoms in total. The van der Waals surface area contributed by atoms with Crippen LogP contribution in [0.5, 0.6) is 0 Å². The van der Waals surface area contributed by atoms with E-state index in [1.807, 2.05) is 12.1 Å². The summed E-state index contributed by atoms with van der Waals surface area (Å²) < 4.78 is 0. The Morgan fingerprint density at radius 3 is 2.36 bits per heavy atom. The van der Waals surface area contributed by atoms with Crippen molar-refractivity contribution in [3.8, 4) is 0 Å². The molecular weight excluding hydrogens is 314 g/mol. The van der Waals surface area contributed by atoms with E-state index in [4.69, 9.17) is 10.1 Å². The molecule has 1 aliphatic heterocycles. The quantitative estimate of drug-likeness (QED) is 0.906. The smallest absolute Gasteiger partial charge is 0.335 e. The Kier molecular flexibility index (Phi) is 5.34. The van der Waals surface area contributed by atoms with Crippen LogP contribution in [0.1, 0.15) is 41.4 Å². The van der Waals surface area contributed by atoms with E-state index in [0.29, 0.717) is 11.5 Å². The maximum atomic E-state index is 10.9. The van der Waals surface area contributed by atoms with Crippen LogP contribution < -0.4 is 4.90 Å². The van der Waals surface area contributed by atoms with Gasteiger partial charge in [-0.15, -0.1) is 0 Å². The zero-order valence-electron chi connectivity index (χ0n) is 14.9. The Hall–Kier alpha value is -2.40. The third-order valence-corrected chi connectivity index (χ3v) is 4.65. The average molecular weight is 339 g/mol. The number of carboxylic acids is 1. The molecule has 132 valence electrons. The van der Waals surface area contributed by atoms with E-state index in [0.717, 1.165) is 49.8 Å². The van der Waals surface area contributed by atoms with Crippen molar-refractivity contribution in [2.24, 2.45) is 0 Å². The first-order valence-corrected chi connectivity index (χ1v) is 8.79. The van der Waals surface area contributed by atoms with E-state index in [9.17, 15) is 4.79 Å². The summed E-state index contributed by atoms with van der Waals surface area (Å²) in [5.41, 5.74) is 2.63. The molecule has 0 radical (unpaired) electrons. The van der Waals surface area contributed by atoms with Crippen molar-refractivity contribution in [1.82, 2.24) is 9.88 Å². The number of nitrogens with zero attached hydrogens (tertiary/aromatic N) is 3. The van der Waals surface area contributed by atoms with Gasteiger partial charge >= 0.3 is 5.97 Å². The second kappa shape index (κ2) is 7.66. The zero-order valence-corrected chi connectivity index (χ0v) is 14.9. The summed E-state index contributed by atoms with van der Waals surface area (Å²) in [6.45, 7) is 9.07. The number of carboxylic acid groups (broad SMARTS) is 1. The molecule has 0 spiro atoms. The number of piperazine rings is 1. The van der Waals surface area contributed by atoms with Gasteiger partial charge < -0.3 is 10.0 Å². The molecule has 1 aromatic heterocycles. The second-order valence-corrected chi connectivity index (χ2v) is 6.84. The van der Waals surface area contributed by atoms with Crippen LogP contribution in [0.2, 0.25) is 0 Å². The third kappa shape index (κ3) is 4.37. The van der Waals surface area contributed by atoms with Crippen LogP contribution >= 0.6 is 0 Å². The Morgan fingerprint density at radius 2 is 1.76 bits per heavy atom. The fraction of sp³-hybridized carbons (Fsp3) is 0.400. The molecule has 2 aromatic rings. The Bertz CT molecular complexity index is 720. The summed E-state index contributed by atoms with van der Waals surface area (Å²) in [4.78, 5) is 20.4. The summed E-state index contributed by atoms with van der Waals surface area (Å²) in [6.07, 6.45) is 0. The minimum atomic E-state index is -0.878. The monoisotopic (exact) mass is 339 g/mol. The van der Waals surface area contributed by atoms with Gasteiger partial charge in [0.05, 0.1) is 5.56 Å². The molecule has 1 N–H and O–H groups in total. The first-order valence-electron chi connectivity index (χ1n) is 8.79. The molecule has 0 bridgehead atoms. The van der Waals surface area contributed by atoms with Crippen LogP contribution in [0.25, 0.3) is 0 Å². The lowest BCUT2D eigenvalue weighted by atomic mass is 10.1. The van der Waals surface area contributed by atoms with E-state index >= 15 is 0 Å². The predicted octanol–water partition coefficient (Wildman–Crippen LogP) is 3.23. The van der Waals surface area contributed by atoms with Gasteiger partial charge in [-0.05, 0) is 35.7 Å². The summed E-state index contributed by atoms with van der Waals surface area (Å²) >= 11 is 0. The largest absolute Gasteiger partial charge is 0.478 e. The third-order valence-electron chi connectivity index (χ3n) is 4.65. The maximum Gasteiger partial charge on any atom is 0.335 e. The number of anilines is 1. The summed E-state index contributed by atoms with van der Waals surface area (Å²) in [7, 11) is 0. The fourth-order valence-electron chi connectivity index (χ4n) is 3.08. The molecule has 1 saturated heterocycles. The van der Waals surface area contributed by atoms with Gasteiger partial charge in [0.15, 0.2) is 0 Å². The SMILES string of the molecule is CC(C)c1cccc(N2CCN(Cc3ccc(C(=O)O)cc3)CC2)n1. The van der Waals surface area contributed by atoms with E-state index in [1.165, 1.54) is 0 Å². The van der Waals surface area contributed by atoms with Crippen molar-refractivity contribution in [3.63, 3.8) is 0 Å². The van der Waals surface area contributed by atoms with E-state index in [2.05, 4.69) is 41.8 Å². The highest BCUT2D eigenvalue weighted by Gasteiger charge is 2.18. The molecule has 0 atom stereocenters. The molecule has 0 amide bonds. The van der Waals surface area contributed by atoms with Crippen LogP contribution in [0.3, 0.4) is 0 Å². The van der Waals surface area contributed by atoms with Gasteiger partial charge in [-0.2, -0.15) is 0 Å². The molecule has 0 unspecified atom stereocenters. The highest BCUT2D eigenvalue weighted by atomic mass is 16.4. The molecule has 1 aromatic carbocycles. The number of hydrogen-bond donors (Lipinski definition) is 1. The van der Waals surface area contributed by atoms with Gasteiger partial charge in [-0.25, -0.2) is 9.78 Å². The number of carbonyl (C=O) groups is 1. The molecule has 5 heteroatoms. The first-order chi connectivity index (χ1) is 12.0. The van der Waals surface area contributed by atoms with E-state index < -0.39 is 5.97 Å². The second-order valence-electron chi connectivity index (χ2n) is 6.84. The Balaban J connectivity index is 1.56. The number of rotatable bonds is 5. The van der Waals surface area contributed by atoms with Crippen LogP contribution in [0.4, 0.5) is 5.82 Å². The van der Waals surface area contributed by atoms with Gasteiger partial charge in [-0.1, -0.05) is 32.0 Å². The minimum Gasteiger partial charge on any atom is -0.478 e. The lowest BCUT2D eigenvalue weighted by molar-refractivity contribution is 0.0697. The standard InChI is InChI=1S/C20H25N3O2/c1-15(2)18-4-3-5-19(21-18)23-12-10-22(11-13-23)14-16-6-8-17(9-7-16)20(24)25/h3-9,15H,10-14H2,1-2H3,(H,24,25). The molecular formula is C20H25N3O2. The molecule has 25 heavy (non-hydrogen) atoms. The number of aromatic nitrogens is 1. The summed E-state index contributed by atoms with van der Waals surface area (Å²) in [6, 6.07) is 13.4. The van der Waals surface area contributed by atoms with Crippen molar-refractivity contribution in [1.29, 1.82) is 0 Å². The predicted molar refractivity (Wildman–Crippen MR) is 99.2 cm³/mol. The lowest BCUT2D eigenvalue weighted by Gasteiger charge is -2.35. The van der Waals surface area contributed by atoms with Crippen molar-refractivity contribution < 1.29 is 9.90 Å². The molecule has 1 aliphatic rings. The number of benzene rings is 1. The number of hydrogen-bond acceptors (Lipinski definition) is 4. The van der Waals surface area contributed by atoms with Crippen molar-refractivity contribution in [2.75, 3.05) is 31.1 Å². The number of aromatic carboxylic acids is 1. The van der Waals surface area contributed by atoms with Gasteiger partial charge in [0.1, 0.15) is 5.82 Å². The van der Waals surface area contributed by atoms with Gasteiger partial charge in [-0.3, -0.25) is 4.90 Å². The van der Waals surface area contributed by atoms with E-state index in [-0.39, 0.29) is 0 Å². The minimum absolute atomic E-state index is 0.338. The topological polar surface area (TPSA) is 56.7 Å². The Labute approximate surface area is 148 Å². The normalized spacial score (nSPS) is 15.6. The maximum absolute atomic E-state index is 10.9. The highest BCUT2D eigenvalue weighted by Crippen LogP contribution is 2.19. The van der Waals surface area contributed by atoms with Crippen LogP contribution in [0.15, 0.2) is 42.5 Å². The van der Waals surface area contributed by atoms with Crippen molar-refractivity contribution in [2.45, 2.75) is 26.3 Å². The van der Waals surface area contributed by atoms with Gasteiger partial charge in [0, 0.05) is 38.4 Å². The zero-order chi connectivity index (χ0) is 17.8. The van der Waals surface area contributed by atoms with Crippen LogP contribution in [-0.2, 0) is 6.54 Å². The van der Waals surface area contributed by atoms with Crippen molar-refractivity contribution >= 4 is 11.8 Å². The van der Waals surface area contributed by atoms with Crippen molar-refractivity contribution in [3.05, 3.63) is 59.3 Å². The molecule has 2 heterocycles.